The largest absolute Gasteiger partial charge is 0.480 e. The summed E-state index contributed by atoms with van der Waals surface area (Å²) in [5.41, 5.74) is 5.67. The van der Waals surface area contributed by atoms with E-state index in [0.29, 0.717) is 13.0 Å². The maximum absolute atomic E-state index is 12.5. The fraction of sp³-hybridized carbons (Fsp3) is 0.385. The van der Waals surface area contributed by atoms with Crippen molar-refractivity contribution in [3.63, 3.8) is 0 Å². The molecule has 32 heavy (non-hydrogen) atoms. The number of nitrogens with one attached hydrogen (secondary N) is 1. The molecule has 0 spiro atoms. The van der Waals surface area contributed by atoms with Gasteiger partial charge in [-0.15, -0.1) is 0 Å². The first-order valence-corrected chi connectivity index (χ1v) is 11.4. The number of carbonyl (C=O) groups is 2. The zero-order valence-electron chi connectivity index (χ0n) is 18.8. The van der Waals surface area contributed by atoms with Gasteiger partial charge in [-0.05, 0) is 54.7 Å². The van der Waals surface area contributed by atoms with Crippen LogP contribution in [-0.4, -0.2) is 47.6 Å². The van der Waals surface area contributed by atoms with Crippen molar-refractivity contribution < 1.29 is 14.7 Å². The van der Waals surface area contributed by atoms with Crippen LogP contribution in [0.2, 0.25) is 0 Å². The van der Waals surface area contributed by atoms with E-state index >= 15 is 0 Å². The van der Waals surface area contributed by atoms with Crippen molar-refractivity contribution in [1.82, 2.24) is 4.90 Å². The Hall–Kier alpha value is -3.12. The van der Waals surface area contributed by atoms with Crippen LogP contribution < -0.4 is 10.2 Å². The van der Waals surface area contributed by atoms with Gasteiger partial charge in [-0.25, -0.2) is 0 Å². The van der Waals surface area contributed by atoms with Gasteiger partial charge in [-0.1, -0.05) is 43.3 Å². The van der Waals surface area contributed by atoms with E-state index in [9.17, 15) is 9.59 Å². The van der Waals surface area contributed by atoms with E-state index in [1.807, 2.05) is 34.9 Å². The van der Waals surface area contributed by atoms with Gasteiger partial charge < -0.3 is 15.3 Å². The summed E-state index contributed by atoms with van der Waals surface area (Å²) >= 11 is 0. The number of carbonyl (C=O) groups excluding carboxylic acids is 1. The van der Waals surface area contributed by atoms with E-state index in [-0.39, 0.29) is 24.5 Å². The Kier molecular flexibility index (Phi) is 6.61. The summed E-state index contributed by atoms with van der Waals surface area (Å²) in [5.74, 6) is -0.617. The minimum absolute atomic E-state index is 0.0925. The van der Waals surface area contributed by atoms with Crippen LogP contribution >= 0.6 is 0 Å². The molecule has 2 N–H and O–H groups in total. The zero-order valence-corrected chi connectivity index (χ0v) is 18.8. The molecular weight excluding hydrogens is 402 g/mol. The van der Waals surface area contributed by atoms with Gasteiger partial charge in [0.1, 0.15) is 0 Å². The molecule has 2 atom stereocenters. The van der Waals surface area contributed by atoms with E-state index < -0.39 is 5.97 Å². The number of hydrogen-bond donors (Lipinski definition) is 2. The van der Waals surface area contributed by atoms with Crippen LogP contribution in [0.4, 0.5) is 11.4 Å². The highest BCUT2D eigenvalue weighted by Gasteiger charge is 2.32. The molecule has 0 unspecified atom stereocenters. The smallest absolute Gasteiger partial charge is 0.317 e. The second-order valence-electron chi connectivity index (χ2n) is 8.64. The molecule has 0 radical (unpaired) electrons. The highest BCUT2D eigenvalue weighted by Crippen LogP contribution is 2.39. The van der Waals surface area contributed by atoms with Crippen molar-refractivity contribution in [2.45, 2.75) is 45.2 Å². The van der Waals surface area contributed by atoms with E-state index in [1.165, 1.54) is 11.1 Å². The summed E-state index contributed by atoms with van der Waals surface area (Å²) in [4.78, 5) is 27.3. The molecule has 2 aliphatic rings. The van der Waals surface area contributed by atoms with E-state index in [4.69, 9.17) is 5.11 Å². The molecule has 0 saturated heterocycles. The van der Waals surface area contributed by atoms with E-state index in [0.717, 1.165) is 36.3 Å². The molecule has 0 fully saturated rings. The molecule has 6 nitrogen and oxygen atoms in total. The van der Waals surface area contributed by atoms with Crippen LogP contribution in [0, 0.1) is 0 Å². The fourth-order valence-electron chi connectivity index (χ4n) is 4.79. The number of para-hydroxylation sites is 1. The number of rotatable bonds is 6. The van der Waals surface area contributed by atoms with Gasteiger partial charge in [-0.3, -0.25) is 14.5 Å². The van der Waals surface area contributed by atoms with Crippen molar-refractivity contribution >= 4 is 28.8 Å². The quantitative estimate of drug-likeness (QED) is 0.699. The highest BCUT2D eigenvalue weighted by atomic mass is 16.4. The number of nitrogens with zero attached hydrogens (tertiary/aromatic N) is 2. The SMILES string of the molecule is CCC(=O)N1c2ccccc2[C@H](Nc2ccc(C3=CCN(CC(=O)O)CC3)cc2)C[C@@H]1C. The lowest BCUT2D eigenvalue weighted by atomic mass is 9.91. The molecule has 0 aliphatic carbocycles. The number of benzene rings is 2. The highest BCUT2D eigenvalue weighted by molar-refractivity contribution is 5.95. The molecule has 2 heterocycles. The normalized spacial score (nSPS) is 20.9. The molecule has 6 heteroatoms. The van der Waals surface area contributed by atoms with Gasteiger partial charge in [0.2, 0.25) is 5.91 Å². The maximum atomic E-state index is 12.5. The number of fused-ring (bicyclic) bond motifs is 1. The Labute approximate surface area is 189 Å². The molecule has 2 aliphatic heterocycles. The maximum Gasteiger partial charge on any atom is 0.317 e. The number of anilines is 2. The molecule has 168 valence electrons. The van der Waals surface area contributed by atoms with Crippen molar-refractivity contribution in [3.8, 4) is 0 Å². The first-order valence-electron chi connectivity index (χ1n) is 11.4. The predicted molar refractivity (Wildman–Crippen MR) is 128 cm³/mol. The summed E-state index contributed by atoms with van der Waals surface area (Å²) in [5, 5.41) is 12.6. The van der Waals surface area contributed by atoms with Crippen LogP contribution in [0.3, 0.4) is 0 Å². The molecule has 0 saturated carbocycles. The van der Waals surface area contributed by atoms with Gasteiger partial charge in [0.15, 0.2) is 0 Å². The molecule has 4 rings (SSSR count). The second kappa shape index (κ2) is 9.57. The lowest BCUT2D eigenvalue weighted by Gasteiger charge is -2.40. The minimum atomic E-state index is -0.780. The topological polar surface area (TPSA) is 72.9 Å². The van der Waals surface area contributed by atoms with E-state index in [2.05, 4.69) is 48.6 Å². The van der Waals surface area contributed by atoms with Crippen molar-refractivity contribution in [2.24, 2.45) is 0 Å². The van der Waals surface area contributed by atoms with Crippen LogP contribution in [0.15, 0.2) is 54.6 Å². The van der Waals surface area contributed by atoms with Crippen LogP contribution in [-0.2, 0) is 9.59 Å². The number of aliphatic carboxylic acids is 1. The van der Waals surface area contributed by atoms with Gasteiger partial charge in [0.25, 0.3) is 0 Å². The Morgan fingerprint density at radius 2 is 1.88 bits per heavy atom. The lowest BCUT2D eigenvalue weighted by Crippen LogP contribution is -2.44. The lowest BCUT2D eigenvalue weighted by molar-refractivity contribution is -0.138. The summed E-state index contributed by atoms with van der Waals surface area (Å²) in [6, 6.07) is 16.9. The van der Waals surface area contributed by atoms with Gasteiger partial charge in [0.05, 0.1) is 12.6 Å². The molecule has 0 aromatic heterocycles. The summed E-state index contributed by atoms with van der Waals surface area (Å²) < 4.78 is 0. The predicted octanol–water partition coefficient (Wildman–Crippen LogP) is 4.55. The number of hydrogen-bond acceptors (Lipinski definition) is 4. The summed E-state index contributed by atoms with van der Waals surface area (Å²) in [6.45, 7) is 5.56. The zero-order chi connectivity index (χ0) is 22.7. The first-order chi connectivity index (χ1) is 15.5. The Morgan fingerprint density at radius 3 is 2.53 bits per heavy atom. The van der Waals surface area contributed by atoms with Crippen molar-refractivity contribution in [2.75, 3.05) is 29.9 Å². The summed E-state index contributed by atoms with van der Waals surface area (Å²) in [6.07, 6.45) is 4.35. The molecular formula is C26H31N3O3. The van der Waals surface area contributed by atoms with Crippen LogP contribution in [0.1, 0.15) is 50.3 Å². The van der Waals surface area contributed by atoms with Gasteiger partial charge in [0, 0.05) is 36.9 Å². The van der Waals surface area contributed by atoms with Crippen molar-refractivity contribution in [1.29, 1.82) is 0 Å². The van der Waals surface area contributed by atoms with Crippen LogP contribution in [0.25, 0.3) is 5.57 Å². The monoisotopic (exact) mass is 433 g/mol. The second-order valence-corrected chi connectivity index (χ2v) is 8.64. The fourth-order valence-corrected chi connectivity index (χ4v) is 4.79. The summed E-state index contributed by atoms with van der Waals surface area (Å²) in [7, 11) is 0. The first kappa shape index (κ1) is 22.1. The standard InChI is InChI=1S/C26H31N3O3/c1-3-25(30)29-18(2)16-23(22-6-4-5-7-24(22)29)27-21-10-8-19(9-11-21)20-12-14-28(15-13-20)17-26(31)32/h4-12,18,23,27H,3,13-17H2,1-2H3,(H,31,32)/t18-,23+/m0/s1. The molecule has 1 amide bonds. The Bertz CT molecular complexity index is 1020. The number of carboxylic acids is 1. The van der Waals surface area contributed by atoms with Crippen molar-refractivity contribution in [3.05, 3.63) is 65.7 Å². The third kappa shape index (κ3) is 4.70. The average molecular weight is 434 g/mol. The van der Waals surface area contributed by atoms with Gasteiger partial charge in [-0.2, -0.15) is 0 Å². The third-order valence-electron chi connectivity index (χ3n) is 6.41. The molecule has 2 aromatic rings. The van der Waals surface area contributed by atoms with Crippen LogP contribution in [0.5, 0.6) is 0 Å². The molecule has 0 bridgehead atoms. The Morgan fingerprint density at radius 1 is 1.12 bits per heavy atom. The number of carboxylic acid groups (broad SMARTS) is 1. The number of amides is 1. The third-order valence-corrected chi connectivity index (χ3v) is 6.41. The van der Waals surface area contributed by atoms with Gasteiger partial charge >= 0.3 is 5.97 Å². The average Bonchev–Trinajstić information content (AvgIpc) is 2.79. The minimum Gasteiger partial charge on any atom is -0.480 e. The Balaban J connectivity index is 1.47. The van der Waals surface area contributed by atoms with E-state index in [1.54, 1.807) is 0 Å². The molecule has 2 aromatic carbocycles.